The Balaban J connectivity index is 2.03. The smallest absolute Gasteiger partial charge is 0.310 e. The van der Waals surface area contributed by atoms with Gasteiger partial charge in [-0.05, 0) is 25.3 Å². The molecular weight excluding hydrogens is 254 g/mol. The van der Waals surface area contributed by atoms with Gasteiger partial charge >= 0.3 is 5.97 Å². The number of hydrogen-bond donors (Lipinski definition) is 0. The van der Waals surface area contributed by atoms with Crippen molar-refractivity contribution in [3.05, 3.63) is 35.9 Å². The molecule has 2 atom stereocenters. The van der Waals surface area contributed by atoms with E-state index in [2.05, 4.69) is 0 Å². The fourth-order valence-electron chi connectivity index (χ4n) is 2.69. The van der Waals surface area contributed by atoms with Gasteiger partial charge in [-0.1, -0.05) is 30.3 Å². The van der Waals surface area contributed by atoms with Gasteiger partial charge in [-0.15, -0.1) is 0 Å². The molecular formula is C16H21NO3. The standard InChI is InChI=1S/C16H21NO3/c1-12(13-7-4-3-5-8-13)15(18)17-10-6-9-14(11-17)16(19)20-2/h3-5,7-8,12,14H,6,9-11H2,1-2H3/t12-,14+/m0/s1. The van der Waals surface area contributed by atoms with E-state index in [0.717, 1.165) is 24.9 Å². The SMILES string of the molecule is COC(=O)[C@@H]1CCCN(C(=O)[C@@H](C)c2ccccc2)C1. The lowest BCUT2D eigenvalue weighted by Gasteiger charge is -2.33. The Bertz CT molecular complexity index is 472. The Morgan fingerprint density at radius 1 is 1.30 bits per heavy atom. The van der Waals surface area contributed by atoms with Crippen molar-refractivity contribution in [3.8, 4) is 0 Å². The Kier molecular flexibility index (Phi) is 4.77. The van der Waals surface area contributed by atoms with E-state index in [4.69, 9.17) is 4.74 Å². The quantitative estimate of drug-likeness (QED) is 0.794. The summed E-state index contributed by atoms with van der Waals surface area (Å²) in [6.45, 7) is 3.12. The molecule has 0 spiro atoms. The monoisotopic (exact) mass is 275 g/mol. The highest BCUT2D eigenvalue weighted by molar-refractivity contribution is 5.84. The van der Waals surface area contributed by atoms with Crippen LogP contribution < -0.4 is 0 Å². The molecule has 1 fully saturated rings. The molecule has 2 rings (SSSR count). The van der Waals surface area contributed by atoms with Crippen molar-refractivity contribution in [3.63, 3.8) is 0 Å². The van der Waals surface area contributed by atoms with Gasteiger partial charge < -0.3 is 9.64 Å². The third-order valence-electron chi connectivity index (χ3n) is 3.94. The van der Waals surface area contributed by atoms with Crippen LogP contribution >= 0.6 is 0 Å². The summed E-state index contributed by atoms with van der Waals surface area (Å²) in [5.74, 6) is -0.479. The number of piperidine rings is 1. The number of methoxy groups -OCH3 is 1. The summed E-state index contributed by atoms with van der Waals surface area (Å²) < 4.78 is 4.79. The number of esters is 1. The van der Waals surface area contributed by atoms with Gasteiger partial charge in [0.15, 0.2) is 0 Å². The van der Waals surface area contributed by atoms with Crippen molar-refractivity contribution in [2.75, 3.05) is 20.2 Å². The van der Waals surface area contributed by atoms with Crippen molar-refractivity contribution >= 4 is 11.9 Å². The van der Waals surface area contributed by atoms with E-state index in [1.165, 1.54) is 7.11 Å². The van der Waals surface area contributed by atoms with E-state index in [1.807, 2.05) is 37.3 Å². The maximum atomic E-state index is 12.5. The number of hydrogen-bond acceptors (Lipinski definition) is 3. The Morgan fingerprint density at radius 2 is 2.00 bits per heavy atom. The zero-order valence-electron chi connectivity index (χ0n) is 12.0. The number of carbonyl (C=O) groups is 2. The molecule has 4 heteroatoms. The first kappa shape index (κ1) is 14.6. The molecule has 0 aromatic heterocycles. The summed E-state index contributed by atoms with van der Waals surface area (Å²) in [5, 5.41) is 0. The average molecular weight is 275 g/mol. The lowest BCUT2D eigenvalue weighted by molar-refractivity contribution is -0.149. The molecule has 0 unspecified atom stereocenters. The maximum Gasteiger partial charge on any atom is 0.310 e. The molecule has 0 radical (unpaired) electrons. The van der Waals surface area contributed by atoms with Crippen LogP contribution in [-0.2, 0) is 14.3 Å². The lowest BCUT2D eigenvalue weighted by atomic mass is 9.94. The van der Waals surface area contributed by atoms with Crippen LogP contribution in [0.25, 0.3) is 0 Å². The zero-order chi connectivity index (χ0) is 14.5. The molecule has 0 aliphatic carbocycles. The normalized spacial score (nSPS) is 20.3. The van der Waals surface area contributed by atoms with Gasteiger partial charge in [-0.2, -0.15) is 0 Å². The third-order valence-corrected chi connectivity index (χ3v) is 3.94. The van der Waals surface area contributed by atoms with E-state index < -0.39 is 0 Å². The summed E-state index contributed by atoms with van der Waals surface area (Å²) in [6, 6.07) is 9.74. The number of amides is 1. The molecule has 108 valence electrons. The second kappa shape index (κ2) is 6.55. The highest BCUT2D eigenvalue weighted by atomic mass is 16.5. The Hall–Kier alpha value is -1.84. The first-order chi connectivity index (χ1) is 9.63. The molecule has 1 aliphatic heterocycles. The topological polar surface area (TPSA) is 46.6 Å². The molecule has 1 amide bonds. The van der Waals surface area contributed by atoms with Gasteiger partial charge in [0.05, 0.1) is 18.9 Å². The minimum Gasteiger partial charge on any atom is -0.469 e. The molecule has 1 aromatic carbocycles. The van der Waals surface area contributed by atoms with Crippen molar-refractivity contribution in [2.45, 2.75) is 25.7 Å². The van der Waals surface area contributed by atoms with Crippen LogP contribution in [0, 0.1) is 5.92 Å². The molecule has 4 nitrogen and oxygen atoms in total. The maximum absolute atomic E-state index is 12.5. The second-order valence-corrected chi connectivity index (χ2v) is 5.28. The van der Waals surface area contributed by atoms with Crippen molar-refractivity contribution in [1.82, 2.24) is 4.90 Å². The molecule has 1 aromatic rings. The van der Waals surface area contributed by atoms with Crippen LogP contribution in [0.15, 0.2) is 30.3 Å². The average Bonchev–Trinajstić information content (AvgIpc) is 2.53. The van der Waals surface area contributed by atoms with Gasteiger partial charge in [-0.3, -0.25) is 9.59 Å². The number of likely N-dealkylation sites (tertiary alicyclic amines) is 1. The Labute approximate surface area is 119 Å². The van der Waals surface area contributed by atoms with Crippen LogP contribution in [-0.4, -0.2) is 37.0 Å². The van der Waals surface area contributed by atoms with Gasteiger partial charge in [-0.25, -0.2) is 0 Å². The highest BCUT2D eigenvalue weighted by Crippen LogP contribution is 2.23. The van der Waals surface area contributed by atoms with E-state index in [-0.39, 0.29) is 23.7 Å². The van der Waals surface area contributed by atoms with Crippen LogP contribution in [0.1, 0.15) is 31.2 Å². The summed E-state index contributed by atoms with van der Waals surface area (Å²) in [4.78, 5) is 25.9. The van der Waals surface area contributed by atoms with Crippen LogP contribution in [0.3, 0.4) is 0 Å². The summed E-state index contributed by atoms with van der Waals surface area (Å²) in [7, 11) is 1.40. The first-order valence-electron chi connectivity index (χ1n) is 7.05. The lowest BCUT2D eigenvalue weighted by Crippen LogP contribution is -2.44. The van der Waals surface area contributed by atoms with E-state index >= 15 is 0 Å². The summed E-state index contributed by atoms with van der Waals surface area (Å²) in [6.07, 6.45) is 1.66. The van der Waals surface area contributed by atoms with Crippen LogP contribution in [0.2, 0.25) is 0 Å². The fraction of sp³-hybridized carbons (Fsp3) is 0.500. The number of nitrogens with zero attached hydrogens (tertiary/aromatic N) is 1. The van der Waals surface area contributed by atoms with E-state index in [0.29, 0.717) is 6.54 Å². The highest BCUT2D eigenvalue weighted by Gasteiger charge is 2.31. The van der Waals surface area contributed by atoms with Crippen LogP contribution in [0.5, 0.6) is 0 Å². The van der Waals surface area contributed by atoms with E-state index in [9.17, 15) is 9.59 Å². The summed E-state index contributed by atoms with van der Waals surface area (Å²) >= 11 is 0. The first-order valence-corrected chi connectivity index (χ1v) is 7.05. The minimum atomic E-state index is -0.213. The molecule has 1 heterocycles. The third kappa shape index (κ3) is 3.18. The summed E-state index contributed by atoms with van der Waals surface area (Å²) in [5.41, 5.74) is 1.01. The van der Waals surface area contributed by atoms with Gasteiger partial charge in [0, 0.05) is 13.1 Å². The minimum absolute atomic E-state index is 0.0878. The van der Waals surface area contributed by atoms with Crippen molar-refractivity contribution in [1.29, 1.82) is 0 Å². The molecule has 0 bridgehead atoms. The largest absolute Gasteiger partial charge is 0.469 e. The second-order valence-electron chi connectivity index (χ2n) is 5.28. The van der Waals surface area contributed by atoms with Gasteiger partial charge in [0.1, 0.15) is 0 Å². The van der Waals surface area contributed by atoms with Crippen molar-refractivity contribution < 1.29 is 14.3 Å². The predicted molar refractivity (Wildman–Crippen MR) is 76.2 cm³/mol. The Morgan fingerprint density at radius 3 is 2.65 bits per heavy atom. The number of rotatable bonds is 3. The predicted octanol–water partition coefficient (Wildman–Crippen LogP) is 2.20. The fourth-order valence-corrected chi connectivity index (χ4v) is 2.69. The molecule has 0 saturated carbocycles. The molecule has 0 N–H and O–H groups in total. The zero-order valence-corrected chi connectivity index (χ0v) is 12.0. The van der Waals surface area contributed by atoms with Gasteiger partial charge in [0.2, 0.25) is 5.91 Å². The molecule has 1 saturated heterocycles. The van der Waals surface area contributed by atoms with Crippen LogP contribution in [0.4, 0.5) is 0 Å². The van der Waals surface area contributed by atoms with Crippen molar-refractivity contribution in [2.24, 2.45) is 5.92 Å². The number of benzene rings is 1. The molecule has 20 heavy (non-hydrogen) atoms. The number of ether oxygens (including phenoxy) is 1. The van der Waals surface area contributed by atoms with Gasteiger partial charge in [0.25, 0.3) is 0 Å². The molecule has 1 aliphatic rings. The van der Waals surface area contributed by atoms with E-state index in [1.54, 1.807) is 4.90 Å². The number of carbonyl (C=O) groups excluding carboxylic acids is 2.